The van der Waals surface area contributed by atoms with Crippen molar-refractivity contribution in [3.05, 3.63) is 23.8 Å². The van der Waals surface area contributed by atoms with E-state index in [1.54, 1.807) is 6.07 Å². The Kier molecular flexibility index (Phi) is 4.30. The van der Waals surface area contributed by atoms with E-state index in [2.05, 4.69) is 26.0 Å². The van der Waals surface area contributed by atoms with Gasteiger partial charge in [0, 0.05) is 17.3 Å². The highest BCUT2D eigenvalue weighted by atomic mass is 79.9. The van der Waals surface area contributed by atoms with Crippen molar-refractivity contribution in [3.63, 3.8) is 0 Å². The lowest BCUT2D eigenvalue weighted by molar-refractivity contribution is -0.107. The number of benzene rings is 1. The minimum absolute atomic E-state index is 0.0807. The third-order valence-corrected chi connectivity index (χ3v) is 2.59. The monoisotopic (exact) mass is 287 g/mol. The molecular weight excluding hydrogens is 278 g/mol. The van der Waals surface area contributed by atoms with Gasteiger partial charge in [0.25, 0.3) is 0 Å². The number of rotatable bonds is 3. The normalized spacial score (nSPS) is 11.6. The van der Waals surface area contributed by atoms with E-state index in [9.17, 15) is 14.7 Å². The summed E-state index contributed by atoms with van der Waals surface area (Å²) in [4.78, 5) is 20.8. The summed E-state index contributed by atoms with van der Waals surface area (Å²) < 4.78 is 4.40. The molecule has 0 radical (unpaired) electrons. The number of ether oxygens (including phenoxy) is 1. The van der Waals surface area contributed by atoms with Crippen molar-refractivity contribution in [1.82, 2.24) is 0 Å². The van der Waals surface area contributed by atoms with Crippen LogP contribution in [-0.2, 0) is 9.53 Å². The zero-order chi connectivity index (χ0) is 12.1. The number of aldehydes is 1. The number of carbonyl (C=O) groups excluding carboxylic acids is 2. The maximum absolute atomic E-state index is 10.9. The maximum atomic E-state index is 10.9. The van der Waals surface area contributed by atoms with Crippen molar-refractivity contribution in [2.45, 2.75) is 4.83 Å². The van der Waals surface area contributed by atoms with E-state index in [1.165, 1.54) is 19.2 Å². The predicted octanol–water partition coefficient (Wildman–Crippen LogP) is 2.21. The molecule has 0 aliphatic rings. The molecule has 1 amide bonds. The minimum atomic E-state index is -0.627. The van der Waals surface area contributed by atoms with Crippen LogP contribution in [0.4, 0.5) is 10.5 Å². The van der Waals surface area contributed by atoms with Crippen LogP contribution in [0.25, 0.3) is 0 Å². The Morgan fingerprint density at radius 1 is 1.62 bits per heavy atom. The molecule has 0 spiro atoms. The van der Waals surface area contributed by atoms with Crippen LogP contribution < -0.4 is 5.32 Å². The van der Waals surface area contributed by atoms with Crippen molar-refractivity contribution in [2.24, 2.45) is 0 Å². The first-order chi connectivity index (χ1) is 7.58. The van der Waals surface area contributed by atoms with Crippen LogP contribution >= 0.6 is 15.9 Å². The SMILES string of the molecule is COC(=O)Nc1ccc(C(Br)C=O)c(O)c1. The zero-order valence-electron chi connectivity index (χ0n) is 8.44. The Hall–Kier alpha value is -1.56. The molecule has 0 saturated carbocycles. The first kappa shape index (κ1) is 12.5. The molecule has 2 N–H and O–H groups in total. The average Bonchev–Trinajstić information content (AvgIpc) is 2.28. The number of nitrogens with one attached hydrogen (secondary N) is 1. The first-order valence-electron chi connectivity index (χ1n) is 4.35. The summed E-state index contributed by atoms with van der Waals surface area (Å²) in [6, 6.07) is 4.43. The Bertz CT molecular complexity index is 408. The van der Waals surface area contributed by atoms with E-state index >= 15 is 0 Å². The molecule has 0 bridgehead atoms. The number of amides is 1. The molecular formula is C10H10BrNO4. The highest BCUT2D eigenvalue weighted by Crippen LogP contribution is 2.31. The van der Waals surface area contributed by atoms with Gasteiger partial charge in [-0.05, 0) is 6.07 Å². The lowest BCUT2D eigenvalue weighted by Crippen LogP contribution is -2.10. The van der Waals surface area contributed by atoms with Crippen molar-refractivity contribution < 1.29 is 19.4 Å². The number of halogens is 1. The molecule has 0 heterocycles. The van der Waals surface area contributed by atoms with E-state index < -0.39 is 10.9 Å². The summed E-state index contributed by atoms with van der Waals surface area (Å²) in [5, 5.41) is 12.0. The van der Waals surface area contributed by atoms with Gasteiger partial charge in [-0.25, -0.2) is 4.79 Å². The molecule has 1 aromatic rings. The average molecular weight is 288 g/mol. The van der Waals surface area contributed by atoms with E-state index in [0.717, 1.165) is 0 Å². The molecule has 5 nitrogen and oxygen atoms in total. The molecule has 0 fully saturated rings. The van der Waals surface area contributed by atoms with Crippen molar-refractivity contribution in [3.8, 4) is 5.75 Å². The fourth-order valence-corrected chi connectivity index (χ4v) is 1.48. The summed E-state index contributed by atoms with van der Waals surface area (Å²) in [6.45, 7) is 0. The molecule has 16 heavy (non-hydrogen) atoms. The topological polar surface area (TPSA) is 75.6 Å². The number of anilines is 1. The van der Waals surface area contributed by atoms with Gasteiger partial charge >= 0.3 is 6.09 Å². The van der Waals surface area contributed by atoms with Gasteiger partial charge in [0.15, 0.2) is 0 Å². The molecule has 0 aromatic heterocycles. The van der Waals surface area contributed by atoms with Crippen molar-refractivity contribution in [1.29, 1.82) is 0 Å². The second kappa shape index (κ2) is 5.50. The maximum Gasteiger partial charge on any atom is 0.411 e. The number of hydrogen-bond donors (Lipinski definition) is 2. The first-order valence-corrected chi connectivity index (χ1v) is 5.27. The number of phenols is 1. The fraction of sp³-hybridized carbons (Fsp3) is 0.200. The Morgan fingerprint density at radius 2 is 2.31 bits per heavy atom. The van der Waals surface area contributed by atoms with Crippen LogP contribution in [0.2, 0.25) is 0 Å². The standard InChI is InChI=1S/C10H10BrNO4/c1-16-10(15)12-6-2-3-7(8(11)5-13)9(14)4-6/h2-5,8,14H,1H3,(H,12,15). The van der Waals surface area contributed by atoms with Gasteiger partial charge in [0.05, 0.1) is 11.9 Å². The molecule has 6 heteroatoms. The van der Waals surface area contributed by atoms with Crippen LogP contribution in [0.5, 0.6) is 5.75 Å². The van der Waals surface area contributed by atoms with Gasteiger partial charge < -0.3 is 14.6 Å². The Balaban J connectivity index is 2.90. The van der Waals surface area contributed by atoms with E-state index in [0.29, 0.717) is 17.5 Å². The molecule has 1 rings (SSSR count). The highest BCUT2D eigenvalue weighted by molar-refractivity contribution is 9.09. The highest BCUT2D eigenvalue weighted by Gasteiger charge is 2.12. The second-order valence-corrected chi connectivity index (χ2v) is 3.91. The summed E-state index contributed by atoms with van der Waals surface area (Å²) >= 11 is 3.08. The van der Waals surface area contributed by atoms with E-state index in [4.69, 9.17) is 0 Å². The van der Waals surface area contributed by atoms with Gasteiger partial charge in [0.2, 0.25) is 0 Å². The number of methoxy groups -OCH3 is 1. The van der Waals surface area contributed by atoms with Gasteiger partial charge in [-0.15, -0.1) is 0 Å². The molecule has 86 valence electrons. The summed E-state index contributed by atoms with van der Waals surface area (Å²) in [5.74, 6) is -0.0807. The summed E-state index contributed by atoms with van der Waals surface area (Å²) in [5.41, 5.74) is 0.823. The number of carbonyl (C=O) groups is 2. The van der Waals surface area contributed by atoms with Gasteiger partial charge in [-0.1, -0.05) is 22.0 Å². The molecule has 1 unspecified atom stereocenters. The Morgan fingerprint density at radius 3 is 2.81 bits per heavy atom. The number of alkyl halides is 1. The summed E-state index contributed by atoms with van der Waals surface area (Å²) in [6.07, 6.45) is 0.0283. The second-order valence-electron chi connectivity index (χ2n) is 2.93. The van der Waals surface area contributed by atoms with E-state index in [1.807, 2.05) is 0 Å². The van der Waals surface area contributed by atoms with Crippen LogP contribution in [0.3, 0.4) is 0 Å². The van der Waals surface area contributed by atoms with Crippen LogP contribution in [-0.4, -0.2) is 24.6 Å². The van der Waals surface area contributed by atoms with Gasteiger partial charge in [-0.2, -0.15) is 0 Å². The molecule has 1 atom stereocenters. The van der Waals surface area contributed by atoms with Gasteiger partial charge in [0.1, 0.15) is 12.0 Å². The summed E-state index contributed by atoms with van der Waals surface area (Å²) in [7, 11) is 1.24. The molecule has 0 aliphatic carbocycles. The minimum Gasteiger partial charge on any atom is -0.508 e. The largest absolute Gasteiger partial charge is 0.508 e. The Labute approximate surface area is 101 Å². The number of phenolic OH excluding ortho intramolecular Hbond substituents is 1. The smallest absolute Gasteiger partial charge is 0.411 e. The van der Waals surface area contributed by atoms with Crippen molar-refractivity contribution >= 4 is 34.0 Å². The zero-order valence-corrected chi connectivity index (χ0v) is 10.0. The van der Waals surface area contributed by atoms with E-state index in [-0.39, 0.29) is 5.75 Å². The number of hydrogen-bond acceptors (Lipinski definition) is 4. The quantitative estimate of drug-likeness (QED) is 0.660. The van der Waals surface area contributed by atoms with Crippen LogP contribution in [0, 0.1) is 0 Å². The lowest BCUT2D eigenvalue weighted by atomic mass is 10.1. The molecule has 0 aliphatic heterocycles. The fourth-order valence-electron chi connectivity index (χ4n) is 1.10. The lowest BCUT2D eigenvalue weighted by Gasteiger charge is -2.08. The molecule has 1 aromatic carbocycles. The predicted molar refractivity (Wildman–Crippen MR) is 61.9 cm³/mol. The van der Waals surface area contributed by atoms with Gasteiger partial charge in [-0.3, -0.25) is 5.32 Å². The third kappa shape index (κ3) is 2.96. The molecule has 0 saturated heterocycles. The van der Waals surface area contributed by atoms with Crippen molar-refractivity contribution in [2.75, 3.05) is 12.4 Å². The van der Waals surface area contributed by atoms with Crippen LogP contribution in [0.1, 0.15) is 10.4 Å². The third-order valence-electron chi connectivity index (χ3n) is 1.88. The number of aromatic hydroxyl groups is 1. The van der Waals surface area contributed by atoms with Crippen LogP contribution in [0.15, 0.2) is 18.2 Å².